The first-order valence-corrected chi connectivity index (χ1v) is 7.46. The fourth-order valence-corrected chi connectivity index (χ4v) is 4.24. The summed E-state index contributed by atoms with van der Waals surface area (Å²) in [5.41, 5.74) is 2.39. The molecule has 86 valence electrons. The van der Waals surface area contributed by atoms with Crippen LogP contribution in [-0.2, 0) is 10.8 Å². The number of rotatable bonds is 2. The summed E-state index contributed by atoms with van der Waals surface area (Å²) in [5.74, 6) is 0.591. The Morgan fingerprint density at radius 3 is 2.81 bits per heavy atom. The number of allylic oxidation sites excluding steroid dienone is 1. The lowest BCUT2D eigenvalue weighted by molar-refractivity contribution is 0.0991. The van der Waals surface area contributed by atoms with E-state index in [2.05, 4.69) is 0 Å². The molecule has 1 aromatic heterocycles. The van der Waals surface area contributed by atoms with Gasteiger partial charge < -0.3 is 0 Å². The van der Waals surface area contributed by atoms with E-state index in [1.54, 1.807) is 0 Å². The minimum Gasteiger partial charge on any atom is -0.292 e. The van der Waals surface area contributed by atoms with Crippen LogP contribution in [0.25, 0.3) is 0 Å². The van der Waals surface area contributed by atoms with Crippen LogP contribution in [0.2, 0.25) is 0 Å². The molecule has 1 aliphatic rings. The molecule has 2 unspecified atom stereocenters. The molecule has 0 saturated heterocycles. The van der Waals surface area contributed by atoms with Crippen molar-refractivity contribution in [1.29, 1.82) is 0 Å². The third-order valence-corrected chi connectivity index (χ3v) is 5.57. The van der Waals surface area contributed by atoms with Gasteiger partial charge in [-0.25, -0.2) is 0 Å². The molecule has 2 heterocycles. The Bertz CT molecular complexity index is 457. The van der Waals surface area contributed by atoms with Gasteiger partial charge in [0.2, 0.25) is 0 Å². The average molecular weight is 254 g/mol. The van der Waals surface area contributed by atoms with Crippen LogP contribution in [0.4, 0.5) is 0 Å². The van der Waals surface area contributed by atoms with Crippen LogP contribution in [0, 0.1) is 0 Å². The summed E-state index contributed by atoms with van der Waals surface area (Å²) >= 11 is 1.43. The van der Waals surface area contributed by atoms with Crippen molar-refractivity contribution in [2.45, 2.75) is 25.5 Å². The number of ketones is 1. The van der Waals surface area contributed by atoms with E-state index >= 15 is 0 Å². The third kappa shape index (κ3) is 2.18. The molecule has 0 N–H and O–H groups in total. The van der Waals surface area contributed by atoms with Gasteiger partial charge in [-0.3, -0.25) is 9.00 Å². The highest BCUT2D eigenvalue weighted by Crippen LogP contribution is 2.26. The number of hydrogen-bond acceptors (Lipinski definition) is 3. The smallest absolute Gasteiger partial charge is 0.188 e. The van der Waals surface area contributed by atoms with Crippen molar-refractivity contribution in [3.8, 4) is 0 Å². The van der Waals surface area contributed by atoms with E-state index in [4.69, 9.17) is 0 Å². The van der Waals surface area contributed by atoms with Crippen LogP contribution in [0.5, 0.6) is 0 Å². The Labute approximate surface area is 102 Å². The van der Waals surface area contributed by atoms with Gasteiger partial charge in [-0.2, -0.15) is 0 Å². The van der Waals surface area contributed by atoms with E-state index in [9.17, 15) is 9.00 Å². The minimum absolute atomic E-state index is 0.0418. The van der Waals surface area contributed by atoms with E-state index in [0.717, 1.165) is 4.88 Å². The number of Topliss-reactive ketones (excluding diaryl/α,β-unsaturated/α-hetero) is 1. The molecular weight excluding hydrogens is 240 g/mol. The molecule has 0 saturated carbocycles. The summed E-state index contributed by atoms with van der Waals surface area (Å²) in [7, 11) is -1.04. The third-order valence-electron chi connectivity index (χ3n) is 2.95. The first-order valence-electron chi connectivity index (χ1n) is 5.19. The molecule has 2 atom stereocenters. The van der Waals surface area contributed by atoms with Gasteiger partial charge in [0.1, 0.15) is 5.25 Å². The molecule has 0 fully saturated rings. The molecule has 0 radical (unpaired) electrons. The second-order valence-corrected chi connectivity index (χ2v) is 6.69. The summed E-state index contributed by atoms with van der Waals surface area (Å²) in [6.07, 6.45) is 0.648. The first kappa shape index (κ1) is 11.7. The van der Waals surface area contributed by atoms with Crippen molar-refractivity contribution in [2.75, 3.05) is 5.75 Å². The maximum absolute atomic E-state index is 12.1. The van der Waals surface area contributed by atoms with Crippen LogP contribution >= 0.6 is 11.3 Å². The highest BCUT2D eigenvalue weighted by molar-refractivity contribution is 7.86. The predicted octanol–water partition coefficient (Wildman–Crippen LogP) is 2.79. The molecule has 16 heavy (non-hydrogen) atoms. The maximum atomic E-state index is 12.1. The summed E-state index contributed by atoms with van der Waals surface area (Å²) in [5, 5.41) is 1.55. The number of carbonyl (C=O) groups is 1. The fourth-order valence-electron chi connectivity index (χ4n) is 1.77. The molecular formula is C12H14O2S2. The zero-order valence-electron chi connectivity index (χ0n) is 9.36. The van der Waals surface area contributed by atoms with Crippen LogP contribution < -0.4 is 0 Å². The molecule has 4 heteroatoms. The van der Waals surface area contributed by atoms with Crippen LogP contribution in [0.3, 0.4) is 0 Å². The molecule has 0 amide bonds. The Hall–Kier alpha value is -0.740. The van der Waals surface area contributed by atoms with Crippen molar-refractivity contribution in [1.82, 2.24) is 0 Å². The van der Waals surface area contributed by atoms with Gasteiger partial charge >= 0.3 is 0 Å². The fraction of sp³-hybridized carbons (Fsp3) is 0.417. The molecule has 0 spiro atoms. The van der Waals surface area contributed by atoms with E-state index in [-0.39, 0.29) is 11.0 Å². The minimum atomic E-state index is -1.04. The van der Waals surface area contributed by atoms with Gasteiger partial charge in [0.05, 0.1) is 4.88 Å². The zero-order chi connectivity index (χ0) is 11.7. The molecule has 2 nitrogen and oxygen atoms in total. The summed E-state index contributed by atoms with van der Waals surface area (Å²) in [6.45, 7) is 4.03. The topological polar surface area (TPSA) is 34.1 Å². The Morgan fingerprint density at radius 2 is 2.19 bits per heavy atom. The van der Waals surface area contributed by atoms with Crippen LogP contribution in [-0.4, -0.2) is 21.0 Å². The lowest BCUT2D eigenvalue weighted by atomic mass is 10.0. The highest BCUT2D eigenvalue weighted by atomic mass is 32.2. The maximum Gasteiger partial charge on any atom is 0.188 e. The zero-order valence-corrected chi connectivity index (χ0v) is 11.0. The number of hydrogen-bond donors (Lipinski definition) is 0. The summed E-state index contributed by atoms with van der Waals surface area (Å²) in [6, 6.07) is 3.67. The van der Waals surface area contributed by atoms with Crippen molar-refractivity contribution >= 4 is 27.9 Å². The van der Waals surface area contributed by atoms with Crippen LogP contribution in [0.1, 0.15) is 29.9 Å². The van der Waals surface area contributed by atoms with E-state index < -0.39 is 10.8 Å². The predicted molar refractivity (Wildman–Crippen MR) is 68.4 cm³/mol. The standard InChI is InChI=1S/C12H14O2S2/c1-8-6-11(16(14)7-9(8)2)12(13)10-4-3-5-15-10/h3-5,11H,6-7H2,1-2H3. The van der Waals surface area contributed by atoms with Gasteiger partial charge in [0.25, 0.3) is 0 Å². The van der Waals surface area contributed by atoms with E-state index in [0.29, 0.717) is 12.2 Å². The monoisotopic (exact) mass is 254 g/mol. The lowest BCUT2D eigenvalue weighted by Gasteiger charge is -2.22. The summed E-state index contributed by atoms with van der Waals surface area (Å²) in [4.78, 5) is 12.8. The lowest BCUT2D eigenvalue weighted by Crippen LogP contribution is -2.31. The average Bonchev–Trinajstić information content (AvgIpc) is 2.75. The van der Waals surface area contributed by atoms with Crippen molar-refractivity contribution in [2.24, 2.45) is 0 Å². The summed E-state index contributed by atoms with van der Waals surface area (Å²) < 4.78 is 11.9. The Morgan fingerprint density at radius 1 is 1.44 bits per heavy atom. The molecule has 1 aromatic rings. The molecule has 1 aliphatic heterocycles. The van der Waals surface area contributed by atoms with Crippen molar-refractivity contribution < 1.29 is 9.00 Å². The second kappa shape index (κ2) is 4.63. The van der Waals surface area contributed by atoms with Gasteiger partial charge in [-0.05, 0) is 31.7 Å². The largest absolute Gasteiger partial charge is 0.292 e. The van der Waals surface area contributed by atoms with Gasteiger partial charge in [0.15, 0.2) is 5.78 Å². The van der Waals surface area contributed by atoms with Crippen molar-refractivity contribution in [3.05, 3.63) is 33.5 Å². The van der Waals surface area contributed by atoms with E-state index in [1.165, 1.54) is 22.5 Å². The molecule has 0 bridgehead atoms. The normalized spacial score (nSPS) is 25.9. The SMILES string of the molecule is CC1=C(C)CS(=O)C(C(=O)c2cccs2)C1. The highest BCUT2D eigenvalue weighted by Gasteiger charge is 2.30. The van der Waals surface area contributed by atoms with Crippen LogP contribution in [0.15, 0.2) is 28.7 Å². The first-order chi connectivity index (χ1) is 7.59. The van der Waals surface area contributed by atoms with E-state index in [1.807, 2.05) is 31.4 Å². The van der Waals surface area contributed by atoms with Gasteiger partial charge in [-0.1, -0.05) is 17.2 Å². The van der Waals surface area contributed by atoms with Crippen molar-refractivity contribution in [3.63, 3.8) is 0 Å². The number of thiophene rings is 1. The molecule has 0 aliphatic carbocycles. The number of carbonyl (C=O) groups excluding carboxylic acids is 1. The quantitative estimate of drug-likeness (QED) is 0.601. The van der Waals surface area contributed by atoms with Gasteiger partial charge in [-0.15, -0.1) is 11.3 Å². The molecule has 2 rings (SSSR count). The second-order valence-electron chi connectivity index (χ2n) is 4.12. The Kier molecular flexibility index (Phi) is 3.40. The van der Waals surface area contributed by atoms with Gasteiger partial charge in [0, 0.05) is 16.6 Å². The Balaban J connectivity index is 2.23. The molecule has 0 aromatic carbocycles.